The summed E-state index contributed by atoms with van der Waals surface area (Å²) in [6.07, 6.45) is 0.392. The van der Waals surface area contributed by atoms with Crippen LogP contribution in [0, 0.1) is 19.8 Å². The number of amides is 1. The van der Waals surface area contributed by atoms with E-state index < -0.39 is 0 Å². The molecule has 0 saturated carbocycles. The zero-order valence-corrected chi connectivity index (χ0v) is 18.6. The van der Waals surface area contributed by atoms with Gasteiger partial charge in [-0.2, -0.15) is 0 Å². The number of benzene rings is 2. The predicted octanol–water partition coefficient (Wildman–Crippen LogP) is 6.14. The normalized spacial score (nSPS) is 11.9. The zero-order chi connectivity index (χ0) is 21.7. The van der Waals surface area contributed by atoms with Crippen LogP contribution in [0.4, 0.5) is 5.69 Å². The Kier molecular flexibility index (Phi) is 7.19. The predicted molar refractivity (Wildman–Crippen MR) is 124 cm³/mol. The Hall–Kier alpha value is -2.76. The number of hydrogen-bond acceptors (Lipinski definition) is 4. The number of rotatable bonds is 8. The molecule has 4 nitrogen and oxygen atoms in total. The molecular formula is C25H27NO3S. The second-order valence-electron chi connectivity index (χ2n) is 7.80. The fraction of sp³-hybridized carbons (Fsp3) is 0.280. The Bertz CT molecular complexity index is 1040. The maximum atomic E-state index is 12.9. The molecule has 1 unspecified atom stereocenters. The summed E-state index contributed by atoms with van der Waals surface area (Å²) in [5.41, 5.74) is 5.34. The van der Waals surface area contributed by atoms with Crippen LogP contribution < -0.4 is 5.32 Å². The Morgan fingerprint density at radius 2 is 1.73 bits per heavy atom. The molecule has 3 aromatic rings. The highest BCUT2D eigenvalue weighted by Crippen LogP contribution is 2.27. The molecule has 3 rings (SSSR count). The van der Waals surface area contributed by atoms with E-state index in [0.29, 0.717) is 29.2 Å². The van der Waals surface area contributed by atoms with Gasteiger partial charge in [0, 0.05) is 31.4 Å². The van der Waals surface area contributed by atoms with Crippen LogP contribution in [0.1, 0.15) is 44.5 Å². The van der Waals surface area contributed by atoms with Crippen molar-refractivity contribution in [3.05, 3.63) is 75.5 Å². The minimum atomic E-state index is -0.166. The first-order chi connectivity index (χ1) is 14.4. The van der Waals surface area contributed by atoms with Crippen molar-refractivity contribution in [2.75, 3.05) is 19.0 Å². The van der Waals surface area contributed by atoms with E-state index in [2.05, 4.69) is 5.32 Å². The van der Waals surface area contributed by atoms with Crippen LogP contribution >= 0.6 is 11.3 Å². The van der Waals surface area contributed by atoms with Crippen molar-refractivity contribution < 1.29 is 14.3 Å². The summed E-state index contributed by atoms with van der Waals surface area (Å²) in [6.45, 7) is 6.52. The van der Waals surface area contributed by atoms with Crippen molar-refractivity contribution in [2.24, 2.45) is 5.92 Å². The summed E-state index contributed by atoms with van der Waals surface area (Å²) in [4.78, 5) is 26.2. The fourth-order valence-corrected chi connectivity index (χ4v) is 4.09. The lowest BCUT2D eigenvalue weighted by Crippen LogP contribution is -2.13. The highest BCUT2D eigenvalue weighted by atomic mass is 32.1. The number of ether oxygens (including phenoxy) is 1. The van der Waals surface area contributed by atoms with E-state index in [4.69, 9.17) is 4.74 Å². The number of ketones is 1. The zero-order valence-electron chi connectivity index (χ0n) is 17.8. The largest absolute Gasteiger partial charge is 0.384 e. The van der Waals surface area contributed by atoms with Crippen molar-refractivity contribution in [3.63, 3.8) is 0 Å². The molecule has 2 aromatic carbocycles. The molecule has 0 saturated heterocycles. The van der Waals surface area contributed by atoms with E-state index in [-0.39, 0.29) is 17.6 Å². The van der Waals surface area contributed by atoms with Crippen molar-refractivity contribution in [1.82, 2.24) is 0 Å². The number of methoxy groups -OCH3 is 1. The number of thiophene rings is 1. The third-order valence-electron chi connectivity index (χ3n) is 4.84. The molecule has 0 fully saturated rings. The summed E-state index contributed by atoms with van der Waals surface area (Å²) in [6, 6.07) is 15.6. The SMILES string of the molecule is COCC(C)CC(=O)c1cc(NC(=O)c2cc(C)cs2)cc(-c2ccc(C)cc2)c1. The molecule has 0 radical (unpaired) electrons. The lowest BCUT2D eigenvalue weighted by atomic mass is 9.95. The molecular weight excluding hydrogens is 394 g/mol. The third-order valence-corrected chi connectivity index (χ3v) is 5.88. The van der Waals surface area contributed by atoms with Gasteiger partial charge in [0.05, 0.1) is 4.88 Å². The van der Waals surface area contributed by atoms with E-state index in [1.54, 1.807) is 13.2 Å². The first-order valence-electron chi connectivity index (χ1n) is 9.96. The molecule has 0 aliphatic carbocycles. The Morgan fingerprint density at radius 1 is 1.00 bits per heavy atom. The van der Waals surface area contributed by atoms with Crippen LogP contribution in [0.25, 0.3) is 11.1 Å². The van der Waals surface area contributed by atoms with Crippen LogP contribution in [0.2, 0.25) is 0 Å². The molecule has 1 amide bonds. The van der Waals surface area contributed by atoms with Gasteiger partial charge in [0.1, 0.15) is 0 Å². The maximum Gasteiger partial charge on any atom is 0.265 e. The minimum absolute atomic E-state index is 0.0379. The van der Waals surface area contributed by atoms with E-state index in [9.17, 15) is 9.59 Å². The molecule has 1 heterocycles. The van der Waals surface area contributed by atoms with Gasteiger partial charge in [-0.1, -0.05) is 36.8 Å². The average Bonchev–Trinajstić information content (AvgIpc) is 3.15. The van der Waals surface area contributed by atoms with Gasteiger partial charge in [-0.15, -0.1) is 11.3 Å². The molecule has 1 atom stereocenters. The number of hydrogen-bond donors (Lipinski definition) is 1. The third kappa shape index (κ3) is 5.65. The van der Waals surface area contributed by atoms with Crippen LogP contribution in [0.15, 0.2) is 53.9 Å². The molecule has 0 aliphatic rings. The van der Waals surface area contributed by atoms with Crippen molar-refractivity contribution >= 4 is 28.7 Å². The quantitative estimate of drug-likeness (QED) is 0.445. The molecule has 0 aliphatic heterocycles. The van der Waals surface area contributed by atoms with Gasteiger partial charge in [-0.05, 0) is 66.1 Å². The van der Waals surface area contributed by atoms with Crippen LogP contribution in [0.5, 0.6) is 0 Å². The molecule has 0 spiro atoms. The van der Waals surface area contributed by atoms with Gasteiger partial charge >= 0.3 is 0 Å². The summed E-state index contributed by atoms with van der Waals surface area (Å²) >= 11 is 1.41. The van der Waals surface area contributed by atoms with Crippen LogP contribution in [0.3, 0.4) is 0 Å². The van der Waals surface area contributed by atoms with Crippen LogP contribution in [-0.4, -0.2) is 25.4 Å². The Morgan fingerprint density at radius 3 is 2.37 bits per heavy atom. The van der Waals surface area contributed by atoms with E-state index >= 15 is 0 Å². The summed E-state index contributed by atoms with van der Waals surface area (Å²) < 4.78 is 5.16. The highest BCUT2D eigenvalue weighted by molar-refractivity contribution is 7.12. The second-order valence-corrected chi connectivity index (χ2v) is 8.71. The first-order valence-corrected chi connectivity index (χ1v) is 10.8. The number of Topliss-reactive ketones (excluding diaryl/α,β-unsaturated/α-hetero) is 1. The molecule has 156 valence electrons. The van der Waals surface area contributed by atoms with Gasteiger partial charge < -0.3 is 10.1 Å². The standard InChI is InChI=1S/C25H27NO3S/c1-16-5-7-19(8-6-16)20-11-21(23(27)9-17(2)14-29-4)13-22(12-20)26-25(28)24-10-18(3)15-30-24/h5-8,10-13,15,17H,9,14H2,1-4H3,(H,26,28). The van der Waals surface area contributed by atoms with Gasteiger partial charge in [0.15, 0.2) is 5.78 Å². The lowest BCUT2D eigenvalue weighted by molar-refractivity contribution is 0.0919. The monoisotopic (exact) mass is 421 g/mol. The van der Waals surface area contributed by atoms with E-state index in [1.807, 2.05) is 68.6 Å². The summed E-state index contributed by atoms with van der Waals surface area (Å²) in [5.74, 6) is -0.00560. The van der Waals surface area contributed by atoms with Gasteiger partial charge in [0.25, 0.3) is 5.91 Å². The molecule has 0 bridgehead atoms. The smallest absolute Gasteiger partial charge is 0.265 e. The van der Waals surface area contributed by atoms with Crippen molar-refractivity contribution in [3.8, 4) is 11.1 Å². The highest BCUT2D eigenvalue weighted by Gasteiger charge is 2.16. The number of nitrogens with one attached hydrogen (secondary N) is 1. The van der Waals surface area contributed by atoms with Gasteiger partial charge in [0.2, 0.25) is 0 Å². The Labute approximate surface area is 181 Å². The fourth-order valence-electron chi connectivity index (χ4n) is 3.29. The average molecular weight is 422 g/mol. The molecule has 1 N–H and O–H groups in total. The number of carbonyl (C=O) groups is 2. The topological polar surface area (TPSA) is 55.4 Å². The molecule has 5 heteroatoms. The summed E-state index contributed by atoms with van der Waals surface area (Å²) in [7, 11) is 1.64. The van der Waals surface area contributed by atoms with Crippen molar-refractivity contribution in [1.29, 1.82) is 0 Å². The van der Waals surface area contributed by atoms with Crippen LogP contribution in [-0.2, 0) is 4.74 Å². The van der Waals surface area contributed by atoms with Gasteiger partial charge in [-0.3, -0.25) is 9.59 Å². The maximum absolute atomic E-state index is 12.9. The van der Waals surface area contributed by atoms with E-state index in [0.717, 1.165) is 16.7 Å². The molecule has 30 heavy (non-hydrogen) atoms. The number of aryl methyl sites for hydroxylation is 2. The number of anilines is 1. The van der Waals surface area contributed by atoms with E-state index in [1.165, 1.54) is 16.9 Å². The molecule has 1 aromatic heterocycles. The lowest BCUT2D eigenvalue weighted by Gasteiger charge is -2.13. The summed E-state index contributed by atoms with van der Waals surface area (Å²) in [5, 5.41) is 4.91. The first kappa shape index (κ1) is 21.9. The van der Waals surface area contributed by atoms with Gasteiger partial charge in [-0.25, -0.2) is 0 Å². The second kappa shape index (κ2) is 9.83. The minimum Gasteiger partial charge on any atom is -0.384 e. The Balaban J connectivity index is 1.94. The van der Waals surface area contributed by atoms with Crippen molar-refractivity contribution in [2.45, 2.75) is 27.2 Å². The number of carbonyl (C=O) groups excluding carboxylic acids is 2.